The molecule has 1 aliphatic rings. The van der Waals surface area contributed by atoms with Crippen LogP contribution in [0.25, 0.3) is 10.9 Å². The fraction of sp³-hybridized carbons (Fsp3) is 0.364. The van der Waals surface area contributed by atoms with Crippen molar-refractivity contribution < 1.29 is 4.79 Å². The largest absolute Gasteiger partial charge is 0.377 e. The van der Waals surface area contributed by atoms with Gasteiger partial charge in [-0.2, -0.15) is 0 Å². The van der Waals surface area contributed by atoms with Gasteiger partial charge in [0.15, 0.2) is 5.82 Å². The van der Waals surface area contributed by atoms with Crippen molar-refractivity contribution in [2.75, 3.05) is 36.4 Å². The number of fused-ring (bicyclic) bond motifs is 1. The first-order valence-electron chi connectivity index (χ1n) is 9.76. The Hall–Kier alpha value is -3.02. The van der Waals surface area contributed by atoms with Gasteiger partial charge in [-0.15, -0.1) is 0 Å². The van der Waals surface area contributed by atoms with Crippen LogP contribution in [0.1, 0.15) is 31.1 Å². The number of pyridine rings is 1. The van der Waals surface area contributed by atoms with Crippen molar-refractivity contribution in [3.8, 4) is 0 Å². The Kier molecular flexibility index (Phi) is 4.71. The van der Waals surface area contributed by atoms with E-state index in [0.29, 0.717) is 13.1 Å². The molecule has 1 aromatic carbocycles. The van der Waals surface area contributed by atoms with Crippen molar-refractivity contribution in [1.82, 2.24) is 14.9 Å². The van der Waals surface area contributed by atoms with Crippen molar-refractivity contribution >= 4 is 28.3 Å². The Labute approximate surface area is 165 Å². The standard InChI is InChI=1S/C22H27N5O/c1-22(2,3)25-19-9-6-10-23-20(19)26-11-13-27(14-12-26)21(28)17-15-24-18-8-5-4-7-16(17)18/h4-10,15,24-25H,11-14H2,1-3H3. The van der Waals surface area contributed by atoms with Crippen molar-refractivity contribution in [3.63, 3.8) is 0 Å². The number of nitrogens with one attached hydrogen (secondary N) is 2. The second kappa shape index (κ2) is 7.19. The summed E-state index contributed by atoms with van der Waals surface area (Å²) in [4.78, 5) is 25.0. The number of piperazine rings is 1. The van der Waals surface area contributed by atoms with E-state index < -0.39 is 0 Å². The molecule has 6 nitrogen and oxygen atoms in total. The maximum Gasteiger partial charge on any atom is 0.256 e. The number of carbonyl (C=O) groups excluding carboxylic acids is 1. The minimum atomic E-state index is -0.0368. The number of hydrogen-bond donors (Lipinski definition) is 2. The fourth-order valence-corrected chi connectivity index (χ4v) is 3.69. The number of rotatable bonds is 3. The van der Waals surface area contributed by atoms with Gasteiger partial charge in [-0.1, -0.05) is 18.2 Å². The lowest BCUT2D eigenvalue weighted by molar-refractivity contribution is 0.0748. The summed E-state index contributed by atoms with van der Waals surface area (Å²) >= 11 is 0. The van der Waals surface area contributed by atoms with Gasteiger partial charge >= 0.3 is 0 Å². The highest BCUT2D eigenvalue weighted by Gasteiger charge is 2.26. The maximum atomic E-state index is 13.0. The van der Waals surface area contributed by atoms with E-state index in [0.717, 1.165) is 41.1 Å². The average molecular weight is 377 g/mol. The lowest BCUT2D eigenvalue weighted by atomic mass is 10.1. The van der Waals surface area contributed by atoms with Crippen LogP contribution in [0.2, 0.25) is 0 Å². The molecule has 3 aromatic rings. The van der Waals surface area contributed by atoms with Crippen LogP contribution >= 0.6 is 0 Å². The number of anilines is 2. The Morgan fingerprint density at radius 3 is 2.57 bits per heavy atom. The molecular weight excluding hydrogens is 350 g/mol. The Balaban J connectivity index is 1.47. The fourth-order valence-electron chi connectivity index (χ4n) is 3.69. The van der Waals surface area contributed by atoms with Crippen LogP contribution in [0.4, 0.5) is 11.5 Å². The predicted molar refractivity (Wildman–Crippen MR) is 114 cm³/mol. The lowest BCUT2D eigenvalue weighted by Crippen LogP contribution is -2.49. The normalized spacial score (nSPS) is 15.1. The van der Waals surface area contributed by atoms with E-state index in [4.69, 9.17) is 0 Å². The molecule has 0 atom stereocenters. The highest BCUT2D eigenvalue weighted by molar-refractivity contribution is 6.06. The van der Waals surface area contributed by atoms with E-state index in [1.54, 1.807) is 0 Å². The predicted octanol–water partition coefficient (Wildman–Crippen LogP) is 3.74. The molecule has 0 aliphatic carbocycles. The van der Waals surface area contributed by atoms with Gasteiger partial charge in [0.1, 0.15) is 0 Å². The van der Waals surface area contributed by atoms with Crippen LogP contribution < -0.4 is 10.2 Å². The van der Waals surface area contributed by atoms with E-state index in [1.807, 2.05) is 47.6 Å². The van der Waals surface area contributed by atoms with Crippen molar-refractivity contribution in [1.29, 1.82) is 0 Å². The number of nitrogens with zero attached hydrogens (tertiary/aromatic N) is 3. The highest BCUT2D eigenvalue weighted by Crippen LogP contribution is 2.27. The maximum absolute atomic E-state index is 13.0. The highest BCUT2D eigenvalue weighted by atomic mass is 16.2. The van der Waals surface area contributed by atoms with E-state index in [-0.39, 0.29) is 11.4 Å². The molecule has 0 unspecified atom stereocenters. The molecule has 1 amide bonds. The van der Waals surface area contributed by atoms with Gasteiger partial charge in [0.25, 0.3) is 5.91 Å². The first-order chi connectivity index (χ1) is 13.4. The van der Waals surface area contributed by atoms with E-state index in [9.17, 15) is 4.79 Å². The summed E-state index contributed by atoms with van der Waals surface area (Å²) in [6, 6.07) is 11.9. The molecule has 28 heavy (non-hydrogen) atoms. The van der Waals surface area contributed by atoms with Gasteiger partial charge in [-0.25, -0.2) is 4.98 Å². The molecule has 1 saturated heterocycles. The van der Waals surface area contributed by atoms with Crippen molar-refractivity contribution in [2.24, 2.45) is 0 Å². The molecule has 4 rings (SSSR count). The summed E-state index contributed by atoms with van der Waals surface area (Å²) in [6.07, 6.45) is 3.65. The molecule has 3 heterocycles. The summed E-state index contributed by atoms with van der Waals surface area (Å²) in [5, 5.41) is 4.52. The Morgan fingerprint density at radius 2 is 1.82 bits per heavy atom. The summed E-state index contributed by atoms with van der Waals surface area (Å²) in [7, 11) is 0. The summed E-state index contributed by atoms with van der Waals surface area (Å²) < 4.78 is 0. The van der Waals surface area contributed by atoms with Gasteiger partial charge in [0.05, 0.1) is 11.3 Å². The van der Waals surface area contributed by atoms with Crippen molar-refractivity contribution in [3.05, 3.63) is 54.4 Å². The smallest absolute Gasteiger partial charge is 0.256 e. The third-order valence-electron chi connectivity index (χ3n) is 4.98. The SMILES string of the molecule is CC(C)(C)Nc1cccnc1N1CCN(C(=O)c2c[nH]c3ccccc23)CC1. The number of benzene rings is 1. The van der Waals surface area contributed by atoms with Crippen LogP contribution in [-0.2, 0) is 0 Å². The van der Waals surface area contributed by atoms with Crippen molar-refractivity contribution in [2.45, 2.75) is 26.3 Å². The zero-order chi connectivity index (χ0) is 19.7. The summed E-state index contributed by atoms with van der Waals surface area (Å²) in [5.74, 6) is 1.04. The zero-order valence-electron chi connectivity index (χ0n) is 16.7. The van der Waals surface area contributed by atoms with E-state index >= 15 is 0 Å². The van der Waals surface area contributed by atoms with Crippen LogP contribution in [0.15, 0.2) is 48.8 Å². The number of aromatic nitrogens is 2. The third kappa shape index (κ3) is 3.67. The van der Waals surface area contributed by atoms with Gasteiger partial charge in [0, 0.05) is 55.0 Å². The number of carbonyl (C=O) groups is 1. The third-order valence-corrected chi connectivity index (χ3v) is 4.98. The first kappa shape index (κ1) is 18.3. The molecular formula is C22H27N5O. The van der Waals surface area contributed by atoms with Crippen LogP contribution in [0.3, 0.4) is 0 Å². The Morgan fingerprint density at radius 1 is 1.07 bits per heavy atom. The summed E-state index contributed by atoms with van der Waals surface area (Å²) in [6.45, 7) is 9.33. The number of hydrogen-bond acceptors (Lipinski definition) is 4. The molecule has 0 bridgehead atoms. The minimum Gasteiger partial charge on any atom is -0.377 e. The van der Waals surface area contributed by atoms with Gasteiger partial charge in [0.2, 0.25) is 0 Å². The number of aromatic amines is 1. The molecule has 0 radical (unpaired) electrons. The van der Waals surface area contributed by atoms with Crippen LogP contribution in [-0.4, -0.2) is 52.5 Å². The first-order valence-corrected chi connectivity index (χ1v) is 9.76. The topological polar surface area (TPSA) is 64.3 Å². The second-order valence-corrected chi connectivity index (χ2v) is 8.28. The van der Waals surface area contributed by atoms with E-state index in [2.05, 4.69) is 47.0 Å². The van der Waals surface area contributed by atoms with Crippen LogP contribution in [0, 0.1) is 0 Å². The number of H-pyrrole nitrogens is 1. The van der Waals surface area contributed by atoms with Gasteiger partial charge < -0.3 is 20.1 Å². The molecule has 1 fully saturated rings. The van der Waals surface area contributed by atoms with Gasteiger partial charge in [-0.3, -0.25) is 4.79 Å². The average Bonchev–Trinajstić information content (AvgIpc) is 3.11. The molecule has 1 aliphatic heterocycles. The monoisotopic (exact) mass is 377 g/mol. The molecule has 2 aromatic heterocycles. The Bertz CT molecular complexity index is 980. The molecule has 6 heteroatoms. The quantitative estimate of drug-likeness (QED) is 0.730. The molecule has 146 valence electrons. The minimum absolute atomic E-state index is 0.0368. The molecule has 0 spiro atoms. The van der Waals surface area contributed by atoms with Crippen LogP contribution in [0.5, 0.6) is 0 Å². The lowest BCUT2D eigenvalue weighted by Gasteiger charge is -2.37. The zero-order valence-corrected chi connectivity index (χ0v) is 16.7. The molecule has 0 saturated carbocycles. The summed E-state index contributed by atoms with van der Waals surface area (Å²) in [5.41, 5.74) is 2.74. The van der Waals surface area contributed by atoms with Gasteiger partial charge in [-0.05, 0) is 39.0 Å². The number of amides is 1. The van der Waals surface area contributed by atoms with E-state index in [1.165, 1.54) is 0 Å². The number of para-hydroxylation sites is 1. The molecule has 2 N–H and O–H groups in total. The second-order valence-electron chi connectivity index (χ2n) is 8.28.